The van der Waals surface area contributed by atoms with Gasteiger partial charge in [-0.15, -0.1) is 0 Å². The van der Waals surface area contributed by atoms with Crippen molar-refractivity contribution in [1.82, 2.24) is 9.97 Å². The summed E-state index contributed by atoms with van der Waals surface area (Å²) in [5, 5.41) is 3.64. The van der Waals surface area contributed by atoms with E-state index < -0.39 is 0 Å². The van der Waals surface area contributed by atoms with E-state index in [0.29, 0.717) is 28.5 Å². The van der Waals surface area contributed by atoms with Gasteiger partial charge in [0.05, 0.1) is 10.9 Å². The average Bonchev–Trinajstić information content (AvgIpc) is 2.30. The minimum Gasteiger partial charge on any atom is -0.399 e. The number of nitrogens with one attached hydrogen (secondary N) is 2. The zero-order valence-corrected chi connectivity index (χ0v) is 10.7. The van der Waals surface area contributed by atoms with Crippen LogP contribution < -0.4 is 16.6 Å². The van der Waals surface area contributed by atoms with Gasteiger partial charge in [-0.2, -0.15) is 0 Å². The molecule has 5 heteroatoms. The van der Waals surface area contributed by atoms with Crippen molar-refractivity contribution in [3.05, 3.63) is 28.6 Å². The van der Waals surface area contributed by atoms with Gasteiger partial charge in [0.15, 0.2) is 0 Å². The largest absolute Gasteiger partial charge is 0.399 e. The Kier molecular flexibility index (Phi) is 3.50. The molecule has 0 spiro atoms. The predicted molar refractivity (Wildman–Crippen MR) is 74.7 cm³/mol. The second-order valence-corrected chi connectivity index (χ2v) is 4.80. The maximum atomic E-state index is 11.9. The van der Waals surface area contributed by atoms with Crippen LogP contribution in [-0.4, -0.2) is 16.5 Å². The Balaban J connectivity index is 2.26. The second-order valence-electron chi connectivity index (χ2n) is 4.80. The van der Waals surface area contributed by atoms with Gasteiger partial charge < -0.3 is 11.1 Å². The standard InChI is InChI=1S/C13H18N4O/c1-8(2)5-6-15-13-16-11-4-3-9(14)7-10(11)12(18)17-13/h3-4,7-8H,5-6,14H2,1-2H3,(H2,15,16,17,18). The lowest BCUT2D eigenvalue weighted by Crippen LogP contribution is -2.14. The van der Waals surface area contributed by atoms with Crippen molar-refractivity contribution in [3.63, 3.8) is 0 Å². The van der Waals surface area contributed by atoms with E-state index in [2.05, 4.69) is 29.1 Å². The summed E-state index contributed by atoms with van der Waals surface area (Å²) in [6, 6.07) is 5.14. The molecule has 0 aliphatic heterocycles. The number of anilines is 2. The molecule has 0 amide bonds. The van der Waals surface area contributed by atoms with E-state index in [1.54, 1.807) is 18.2 Å². The number of aromatic amines is 1. The van der Waals surface area contributed by atoms with E-state index in [9.17, 15) is 4.79 Å². The van der Waals surface area contributed by atoms with Crippen LogP contribution in [0.2, 0.25) is 0 Å². The van der Waals surface area contributed by atoms with Crippen molar-refractivity contribution >= 4 is 22.5 Å². The molecule has 2 aromatic rings. The predicted octanol–water partition coefficient (Wildman–Crippen LogP) is 1.96. The molecule has 0 radical (unpaired) electrons. The fourth-order valence-corrected chi connectivity index (χ4v) is 1.72. The van der Waals surface area contributed by atoms with Gasteiger partial charge in [-0.3, -0.25) is 9.78 Å². The highest BCUT2D eigenvalue weighted by Gasteiger charge is 2.04. The van der Waals surface area contributed by atoms with Crippen molar-refractivity contribution < 1.29 is 0 Å². The molecule has 18 heavy (non-hydrogen) atoms. The van der Waals surface area contributed by atoms with Crippen molar-refractivity contribution in [2.45, 2.75) is 20.3 Å². The Labute approximate surface area is 105 Å². The van der Waals surface area contributed by atoms with Crippen LogP contribution in [0.4, 0.5) is 11.6 Å². The van der Waals surface area contributed by atoms with Gasteiger partial charge in [-0.1, -0.05) is 13.8 Å². The van der Waals surface area contributed by atoms with E-state index in [4.69, 9.17) is 5.73 Å². The topological polar surface area (TPSA) is 83.8 Å². The molecule has 1 aromatic heterocycles. The third-order valence-corrected chi connectivity index (χ3v) is 2.74. The molecular formula is C13H18N4O. The number of H-pyrrole nitrogens is 1. The molecular weight excluding hydrogens is 228 g/mol. The van der Waals surface area contributed by atoms with Gasteiger partial charge in [0, 0.05) is 12.2 Å². The number of rotatable bonds is 4. The number of nitrogen functional groups attached to an aromatic ring is 1. The molecule has 0 bridgehead atoms. The maximum Gasteiger partial charge on any atom is 0.260 e. The van der Waals surface area contributed by atoms with E-state index in [-0.39, 0.29) is 5.56 Å². The fraction of sp³-hybridized carbons (Fsp3) is 0.385. The average molecular weight is 246 g/mol. The highest BCUT2D eigenvalue weighted by molar-refractivity contribution is 5.81. The van der Waals surface area contributed by atoms with Crippen molar-refractivity contribution in [3.8, 4) is 0 Å². The molecule has 0 aliphatic carbocycles. The third-order valence-electron chi connectivity index (χ3n) is 2.74. The summed E-state index contributed by atoms with van der Waals surface area (Å²) in [6.07, 6.45) is 1.03. The maximum absolute atomic E-state index is 11.9. The lowest BCUT2D eigenvalue weighted by Gasteiger charge is -2.08. The molecule has 5 nitrogen and oxygen atoms in total. The lowest BCUT2D eigenvalue weighted by molar-refractivity contribution is 0.606. The Morgan fingerprint density at radius 3 is 2.94 bits per heavy atom. The molecule has 0 aliphatic rings. The second kappa shape index (κ2) is 5.08. The summed E-state index contributed by atoms with van der Waals surface area (Å²) in [6.45, 7) is 5.10. The molecule has 2 rings (SSSR count). The molecule has 0 unspecified atom stereocenters. The first-order chi connectivity index (χ1) is 8.56. The van der Waals surface area contributed by atoms with Crippen LogP contribution in [0, 0.1) is 5.92 Å². The number of nitrogens with two attached hydrogens (primary N) is 1. The number of benzene rings is 1. The van der Waals surface area contributed by atoms with Crippen LogP contribution in [0.5, 0.6) is 0 Å². The first-order valence-electron chi connectivity index (χ1n) is 6.09. The number of nitrogens with zero attached hydrogens (tertiary/aromatic N) is 1. The molecule has 1 aromatic carbocycles. The van der Waals surface area contributed by atoms with Crippen molar-refractivity contribution in [2.75, 3.05) is 17.6 Å². The highest BCUT2D eigenvalue weighted by atomic mass is 16.1. The highest BCUT2D eigenvalue weighted by Crippen LogP contribution is 2.12. The molecule has 0 atom stereocenters. The quantitative estimate of drug-likeness (QED) is 0.720. The van der Waals surface area contributed by atoms with Gasteiger partial charge in [0.1, 0.15) is 0 Å². The van der Waals surface area contributed by atoms with E-state index in [1.165, 1.54) is 0 Å². The Bertz CT molecular complexity index is 603. The monoisotopic (exact) mass is 246 g/mol. The van der Waals surface area contributed by atoms with Gasteiger partial charge >= 0.3 is 0 Å². The van der Waals surface area contributed by atoms with E-state index in [1.807, 2.05) is 0 Å². The van der Waals surface area contributed by atoms with Crippen LogP contribution in [-0.2, 0) is 0 Å². The van der Waals surface area contributed by atoms with Crippen molar-refractivity contribution in [1.29, 1.82) is 0 Å². The van der Waals surface area contributed by atoms with Crippen LogP contribution >= 0.6 is 0 Å². The zero-order valence-electron chi connectivity index (χ0n) is 10.7. The van der Waals surface area contributed by atoms with Crippen LogP contribution in [0.1, 0.15) is 20.3 Å². The third kappa shape index (κ3) is 2.80. The first-order valence-corrected chi connectivity index (χ1v) is 6.09. The molecule has 0 fully saturated rings. The Hall–Kier alpha value is -2.04. The Morgan fingerprint density at radius 2 is 2.22 bits per heavy atom. The van der Waals surface area contributed by atoms with Crippen LogP contribution in [0.15, 0.2) is 23.0 Å². The molecule has 1 heterocycles. The van der Waals surface area contributed by atoms with E-state index in [0.717, 1.165) is 13.0 Å². The zero-order chi connectivity index (χ0) is 13.1. The number of hydrogen-bond donors (Lipinski definition) is 3. The van der Waals surface area contributed by atoms with Crippen molar-refractivity contribution in [2.24, 2.45) is 5.92 Å². The SMILES string of the molecule is CC(C)CCNc1nc2ccc(N)cc2c(=O)[nH]1. The van der Waals surface area contributed by atoms with Crippen LogP contribution in [0.3, 0.4) is 0 Å². The normalized spacial score (nSPS) is 11.1. The summed E-state index contributed by atoms with van der Waals surface area (Å²) in [4.78, 5) is 18.9. The summed E-state index contributed by atoms with van der Waals surface area (Å²) in [5.41, 5.74) is 6.70. The summed E-state index contributed by atoms with van der Waals surface area (Å²) in [7, 11) is 0. The summed E-state index contributed by atoms with van der Waals surface area (Å²) in [5.74, 6) is 1.13. The molecule has 0 saturated heterocycles. The van der Waals surface area contributed by atoms with Gasteiger partial charge in [0.2, 0.25) is 5.95 Å². The molecule has 0 saturated carbocycles. The fourth-order valence-electron chi connectivity index (χ4n) is 1.72. The Morgan fingerprint density at radius 1 is 1.44 bits per heavy atom. The molecule has 96 valence electrons. The minimum atomic E-state index is -0.167. The summed E-state index contributed by atoms with van der Waals surface area (Å²) < 4.78 is 0. The lowest BCUT2D eigenvalue weighted by atomic mass is 10.1. The molecule has 4 N–H and O–H groups in total. The first kappa shape index (κ1) is 12.4. The summed E-state index contributed by atoms with van der Waals surface area (Å²) >= 11 is 0. The van der Waals surface area contributed by atoms with Gasteiger partial charge in [0.25, 0.3) is 5.56 Å². The number of hydrogen-bond acceptors (Lipinski definition) is 4. The minimum absolute atomic E-state index is 0.167. The van der Waals surface area contributed by atoms with Crippen LogP contribution in [0.25, 0.3) is 10.9 Å². The number of fused-ring (bicyclic) bond motifs is 1. The smallest absolute Gasteiger partial charge is 0.260 e. The van der Waals surface area contributed by atoms with Gasteiger partial charge in [-0.25, -0.2) is 4.98 Å². The van der Waals surface area contributed by atoms with E-state index >= 15 is 0 Å². The number of aromatic nitrogens is 2. The van der Waals surface area contributed by atoms with Gasteiger partial charge in [-0.05, 0) is 30.5 Å².